The van der Waals surface area contributed by atoms with Crippen LogP contribution in [0.25, 0.3) is 0 Å². The van der Waals surface area contributed by atoms with E-state index in [9.17, 15) is 18.3 Å². The Balaban J connectivity index is 1.71. The zero-order valence-corrected chi connectivity index (χ0v) is 12.4. The summed E-state index contributed by atoms with van der Waals surface area (Å²) >= 11 is 0. The molecule has 4 nitrogen and oxygen atoms in total. The number of aliphatic hydroxyl groups excluding tert-OH is 1. The van der Waals surface area contributed by atoms with Gasteiger partial charge < -0.3 is 9.67 Å². The van der Waals surface area contributed by atoms with Gasteiger partial charge in [-0.2, -0.15) is 13.2 Å². The van der Waals surface area contributed by atoms with E-state index < -0.39 is 17.8 Å². The summed E-state index contributed by atoms with van der Waals surface area (Å²) in [6.45, 7) is 1.96. The third-order valence-corrected chi connectivity index (χ3v) is 4.21. The predicted molar refractivity (Wildman–Crippen MR) is 78.6 cm³/mol. The minimum atomic E-state index is -4.32. The van der Waals surface area contributed by atoms with E-state index in [1.165, 1.54) is 12.1 Å². The molecule has 0 aliphatic carbocycles. The van der Waals surface area contributed by atoms with Gasteiger partial charge in [0.05, 0.1) is 18.0 Å². The van der Waals surface area contributed by atoms with Gasteiger partial charge in [-0.3, -0.25) is 4.90 Å². The molecule has 124 valence electrons. The van der Waals surface area contributed by atoms with E-state index >= 15 is 0 Å². The van der Waals surface area contributed by atoms with E-state index in [0.29, 0.717) is 19.5 Å². The molecule has 2 unspecified atom stereocenters. The fraction of sp³-hybridized carbons (Fsp3) is 0.438. The van der Waals surface area contributed by atoms with Crippen molar-refractivity contribution < 1.29 is 18.3 Å². The summed E-state index contributed by atoms with van der Waals surface area (Å²) in [7, 11) is 0. The largest absolute Gasteiger partial charge is 0.416 e. The van der Waals surface area contributed by atoms with Crippen molar-refractivity contribution in [1.29, 1.82) is 0 Å². The van der Waals surface area contributed by atoms with Crippen molar-refractivity contribution in [3.63, 3.8) is 0 Å². The fourth-order valence-electron chi connectivity index (χ4n) is 3.03. The molecule has 2 aromatic rings. The van der Waals surface area contributed by atoms with Crippen molar-refractivity contribution in [2.75, 3.05) is 13.1 Å². The number of alkyl halides is 3. The number of hydrogen-bond donors (Lipinski definition) is 1. The topological polar surface area (TPSA) is 41.3 Å². The standard InChI is InChI=1S/C16H18F3N3O/c17-16(18,19)13-3-1-12(2-4-13)15-9-14(23)10-22(15)8-7-21-6-5-20-11-21/h1-6,11,14-15,23H,7-10H2. The van der Waals surface area contributed by atoms with Crippen LogP contribution in [0.1, 0.15) is 23.6 Å². The van der Waals surface area contributed by atoms with E-state index in [2.05, 4.69) is 9.88 Å². The second-order valence-corrected chi connectivity index (χ2v) is 5.82. The Morgan fingerprint density at radius 2 is 1.91 bits per heavy atom. The van der Waals surface area contributed by atoms with Crippen LogP contribution < -0.4 is 0 Å². The van der Waals surface area contributed by atoms with Gasteiger partial charge in [-0.15, -0.1) is 0 Å². The molecule has 2 atom stereocenters. The average Bonchev–Trinajstić information content (AvgIpc) is 3.13. The maximum Gasteiger partial charge on any atom is 0.416 e. The molecule has 1 aliphatic rings. The highest BCUT2D eigenvalue weighted by atomic mass is 19.4. The monoisotopic (exact) mass is 325 g/mol. The zero-order valence-electron chi connectivity index (χ0n) is 12.4. The summed E-state index contributed by atoms with van der Waals surface area (Å²) in [4.78, 5) is 6.09. The lowest BCUT2D eigenvalue weighted by molar-refractivity contribution is -0.137. The number of likely N-dealkylation sites (tertiary alicyclic amines) is 1. The highest BCUT2D eigenvalue weighted by Gasteiger charge is 2.33. The normalized spacial score (nSPS) is 22.6. The van der Waals surface area contributed by atoms with Crippen LogP contribution in [-0.4, -0.2) is 38.8 Å². The van der Waals surface area contributed by atoms with E-state index in [4.69, 9.17) is 0 Å². The van der Waals surface area contributed by atoms with Crippen LogP contribution in [0.3, 0.4) is 0 Å². The number of benzene rings is 1. The third kappa shape index (κ3) is 3.73. The Kier molecular flexibility index (Phi) is 4.41. The summed E-state index contributed by atoms with van der Waals surface area (Å²) < 4.78 is 39.9. The average molecular weight is 325 g/mol. The molecule has 1 saturated heterocycles. The number of nitrogens with zero attached hydrogens (tertiary/aromatic N) is 3. The van der Waals surface area contributed by atoms with Crippen LogP contribution in [0.5, 0.6) is 0 Å². The Hall–Kier alpha value is -1.86. The minimum Gasteiger partial charge on any atom is -0.392 e. The molecule has 2 heterocycles. The highest BCUT2D eigenvalue weighted by Crippen LogP contribution is 2.34. The van der Waals surface area contributed by atoms with Gasteiger partial charge in [0.15, 0.2) is 0 Å². The fourth-order valence-corrected chi connectivity index (χ4v) is 3.03. The molecule has 3 rings (SSSR count). The molecule has 0 amide bonds. The smallest absolute Gasteiger partial charge is 0.392 e. The summed E-state index contributed by atoms with van der Waals surface area (Å²) in [5.41, 5.74) is 0.157. The quantitative estimate of drug-likeness (QED) is 0.940. The van der Waals surface area contributed by atoms with Gasteiger partial charge in [-0.05, 0) is 24.1 Å². The molecule has 1 fully saturated rings. The Bertz CT molecular complexity index is 625. The Morgan fingerprint density at radius 3 is 2.52 bits per heavy atom. The molecule has 0 bridgehead atoms. The molecule has 1 N–H and O–H groups in total. The lowest BCUT2D eigenvalue weighted by atomic mass is 10.0. The molecule has 7 heteroatoms. The summed E-state index contributed by atoms with van der Waals surface area (Å²) in [5.74, 6) is 0. The van der Waals surface area contributed by atoms with Crippen molar-refractivity contribution in [3.8, 4) is 0 Å². The van der Waals surface area contributed by atoms with Crippen LogP contribution in [0.4, 0.5) is 13.2 Å². The second-order valence-electron chi connectivity index (χ2n) is 5.82. The van der Waals surface area contributed by atoms with Crippen molar-refractivity contribution in [3.05, 3.63) is 54.1 Å². The first-order chi connectivity index (χ1) is 10.9. The van der Waals surface area contributed by atoms with Gasteiger partial charge in [0.2, 0.25) is 0 Å². The van der Waals surface area contributed by atoms with Gasteiger partial charge in [0, 0.05) is 38.1 Å². The molecule has 1 aromatic carbocycles. The molecular weight excluding hydrogens is 307 g/mol. The third-order valence-electron chi connectivity index (χ3n) is 4.21. The van der Waals surface area contributed by atoms with Gasteiger partial charge in [0.25, 0.3) is 0 Å². The van der Waals surface area contributed by atoms with Crippen molar-refractivity contribution >= 4 is 0 Å². The SMILES string of the molecule is OC1CC(c2ccc(C(F)(F)F)cc2)N(CCn2ccnc2)C1. The lowest BCUT2D eigenvalue weighted by Gasteiger charge is -2.24. The highest BCUT2D eigenvalue weighted by molar-refractivity contribution is 5.27. The first-order valence-corrected chi connectivity index (χ1v) is 7.48. The molecule has 1 aromatic heterocycles. The van der Waals surface area contributed by atoms with Crippen LogP contribution >= 0.6 is 0 Å². The number of aliphatic hydroxyl groups is 1. The second kappa shape index (κ2) is 6.33. The van der Waals surface area contributed by atoms with E-state index in [0.717, 1.165) is 24.2 Å². The van der Waals surface area contributed by atoms with Crippen molar-refractivity contribution in [1.82, 2.24) is 14.5 Å². The number of hydrogen-bond acceptors (Lipinski definition) is 3. The molecule has 0 spiro atoms. The summed E-state index contributed by atoms with van der Waals surface area (Å²) in [5, 5.41) is 9.93. The number of β-amino-alcohol motifs (C(OH)–C–C–N with tert-alkyl or cyclic N) is 1. The van der Waals surface area contributed by atoms with Gasteiger partial charge in [-0.25, -0.2) is 4.98 Å². The molecule has 0 saturated carbocycles. The maximum absolute atomic E-state index is 12.7. The van der Waals surface area contributed by atoms with Crippen LogP contribution in [0.2, 0.25) is 0 Å². The first kappa shape index (κ1) is 16.0. The maximum atomic E-state index is 12.7. The summed E-state index contributed by atoms with van der Waals surface area (Å²) in [6.07, 6.45) is 1.04. The molecule has 1 aliphatic heterocycles. The Labute approximate surface area is 132 Å². The number of halogens is 3. The first-order valence-electron chi connectivity index (χ1n) is 7.48. The number of rotatable bonds is 4. The zero-order chi connectivity index (χ0) is 16.4. The van der Waals surface area contributed by atoms with Gasteiger partial charge in [0.1, 0.15) is 0 Å². The van der Waals surface area contributed by atoms with Gasteiger partial charge >= 0.3 is 6.18 Å². The van der Waals surface area contributed by atoms with Crippen LogP contribution in [0, 0.1) is 0 Å². The molecule has 0 radical (unpaired) electrons. The lowest BCUT2D eigenvalue weighted by Crippen LogP contribution is -2.28. The van der Waals surface area contributed by atoms with E-state index in [1.807, 2.05) is 10.8 Å². The Morgan fingerprint density at radius 1 is 1.17 bits per heavy atom. The number of imidazole rings is 1. The molecular formula is C16H18F3N3O. The van der Waals surface area contributed by atoms with Crippen molar-refractivity contribution in [2.24, 2.45) is 0 Å². The van der Waals surface area contributed by atoms with Gasteiger partial charge in [-0.1, -0.05) is 12.1 Å². The van der Waals surface area contributed by atoms with Crippen molar-refractivity contribution in [2.45, 2.75) is 31.3 Å². The van der Waals surface area contributed by atoms with E-state index in [1.54, 1.807) is 12.5 Å². The van der Waals surface area contributed by atoms with E-state index in [-0.39, 0.29) is 6.04 Å². The van der Waals surface area contributed by atoms with Crippen LogP contribution in [0.15, 0.2) is 43.0 Å². The predicted octanol–water partition coefficient (Wildman–Crippen LogP) is 2.71. The summed E-state index contributed by atoms with van der Waals surface area (Å²) in [6, 6.07) is 5.17. The van der Waals surface area contributed by atoms with Crippen LogP contribution in [-0.2, 0) is 12.7 Å². The number of aromatic nitrogens is 2. The molecule has 23 heavy (non-hydrogen) atoms. The minimum absolute atomic E-state index is 0.0594.